The van der Waals surface area contributed by atoms with E-state index in [0.717, 1.165) is 11.3 Å². The van der Waals surface area contributed by atoms with Gasteiger partial charge in [-0.25, -0.2) is 0 Å². The Kier molecular flexibility index (Phi) is 5.43. The Morgan fingerprint density at radius 1 is 0.950 bits per heavy atom. The fourth-order valence-electron chi connectivity index (χ4n) is 2.00. The maximum absolute atomic E-state index is 10.2. The van der Waals surface area contributed by atoms with Crippen LogP contribution in [-0.4, -0.2) is 11.7 Å². The van der Waals surface area contributed by atoms with E-state index >= 15 is 0 Å². The van der Waals surface area contributed by atoms with Gasteiger partial charge in [0.25, 0.3) is 0 Å². The lowest BCUT2D eigenvalue weighted by atomic mass is 10.00. The lowest BCUT2D eigenvalue weighted by molar-refractivity contribution is 0.191. The van der Waals surface area contributed by atoms with E-state index < -0.39 is 6.10 Å². The third kappa shape index (κ3) is 4.21. The van der Waals surface area contributed by atoms with Crippen molar-refractivity contribution in [1.82, 2.24) is 0 Å². The van der Waals surface area contributed by atoms with Crippen molar-refractivity contribution in [3.63, 3.8) is 0 Å². The maximum Gasteiger partial charge on any atom is 0.0962 e. The molecule has 2 aromatic rings. The molecule has 0 spiro atoms. The van der Waals surface area contributed by atoms with Gasteiger partial charge in [0.2, 0.25) is 0 Å². The number of aliphatic hydroxyl groups excluding tert-OH is 1. The van der Waals surface area contributed by atoms with Crippen LogP contribution in [0.1, 0.15) is 37.0 Å². The van der Waals surface area contributed by atoms with Crippen molar-refractivity contribution in [3.05, 3.63) is 63.2 Å². The minimum Gasteiger partial charge on any atom is -0.387 e. The summed E-state index contributed by atoms with van der Waals surface area (Å²) in [5, 5.41) is 13.5. The van der Waals surface area contributed by atoms with Gasteiger partial charge in [0.15, 0.2) is 0 Å². The predicted octanol–water partition coefficient (Wildman–Crippen LogP) is 4.56. The highest BCUT2D eigenvalue weighted by molar-refractivity contribution is 14.1. The second kappa shape index (κ2) is 7.09. The third-order valence-electron chi connectivity index (χ3n) is 3.33. The summed E-state index contributed by atoms with van der Waals surface area (Å²) in [5.41, 5.74) is 3.28. The molecular formula is C17H20INO. The topological polar surface area (TPSA) is 32.3 Å². The second-order valence-corrected chi connectivity index (χ2v) is 6.47. The molecule has 0 bridgehead atoms. The highest BCUT2D eigenvalue weighted by atomic mass is 127. The fraction of sp³-hybridized carbons (Fsp3) is 0.294. The third-order valence-corrected chi connectivity index (χ3v) is 4.05. The van der Waals surface area contributed by atoms with E-state index in [-0.39, 0.29) is 0 Å². The first-order chi connectivity index (χ1) is 9.56. The Bertz CT molecular complexity index is 534. The average molecular weight is 381 g/mol. The zero-order valence-electron chi connectivity index (χ0n) is 11.8. The first kappa shape index (κ1) is 15.3. The van der Waals surface area contributed by atoms with Gasteiger partial charge in [-0.2, -0.15) is 0 Å². The largest absolute Gasteiger partial charge is 0.387 e. The van der Waals surface area contributed by atoms with Crippen LogP contribution in [0.25, 0.3) is 0 Å². The Labute approximate surface area is 134 Å². The average Bonchev–Trinajstić information content (AvgIpc) is 2.46. The summed E-state index contributed by atoms with van der Waals surface area (Å²) in [6.07, 6.45) is -0.490. The zero-order valence-corrected chi connectivity index (χ0v) is 14.0. The zero-order chi connectivity index (χ0) is 14.5. The smallest absolute Gasteiger partial charge is 0.0962 e. The van der Waals surface area contributed by atoms with Crippen LogP contribution in [-0.2, 0) is 0 Å². The van der Waals surface area contributed by atoms with Gasteiger partial charge in [-0.1, -0.05) is 38.1 Å². The Balaban J connectivity index is 1.94. The quantitative estimate of drug-likeness (QED) is 0.745. The summed E-state index contributed by atoms with van der Waals surface area (Å²) in [7, 11) is 0. The maximum atomic E-state index is 10.2. The molecule has 0 amide bonds. The number of nitrogens with one attached hydrogen (secondary N) is 1. The highest BCUT2D eigenvalue weighted by Gasteiger charge is 2.08. The van der Waals surface area contributed by atoms with Gasteiger partial charge in [0, 0.05) is 15.8 Å². The molecule has 1 atom stereocenters. The summed E-state index contributed by atoms with van der Waals surface area (Å²) in [6, 6.07) is 16.3. The number of hydrogen-bond acceptors (Lipinski definition) is 2. The molecule has 0 saturated carbocycles. The molecule has 0 aromatic heterocycles. The van der Waals surface area contributed by atoms with Crippen LogP contribution in [0.5, 0.6) is 0 Å². The predicted molar refractivity (Wildman–Crippen MR) is 93.1 cm³/mol. The summed E-state index contributed by atoms with van der Waals surface area (Å²) in [4.78, 5) is 0. The first-order valence-electron chi connectivity index (χ1n) is 6.83. The summed E-state index contributed by atoms with van der Waals surface area (Å²) >= 11 is 2.28. The van der Waals surface area contributed by atoms with Crippen molar-refractivity contribution < 1.29 is 5.11 Å². The van der Waals surface area contributed by atoms with Crippen LogP contribution in [0.15, 0.2) is 48.5 Å². The molecular weight excluding hydrogens is 361 g/mol. The van der Waals surface area contributed by atoms with E-state index in [4.69, 9.17) is 0 Å². The van der Waals surface area contributed by atoms with E-state index in [2.05, 4.69) is 53.9 Å². The molecule has 2 nitrogen and oxygen atoms in total. The van der Waals surface area contributed by atoms with Gasteiger partial charge in [-0.15, -0.1) is 0 Å². The van der Waals surface area contributed by atoms with E-state index in [1.165, 1.54) is 9.13 Å². The summed E-state index contributed by atoms with van der Waals surface area (Å²) in [5.74, 6) is 0.520. The Hall–Kier alpha value is -1.07. The van der Waals surface area contributed by atoms with Crippen LogP contribution in [0.4, 0.5) is 5.69 Å². The van der Waals surface area contributed by atoms with E-state index in [0.29, 0.717) is 12.5 Å². The van der Waals surface area contributed by atoms with Gasteiger partial charge < -0.3 is 10.4 Å². The van der Waals surface area contributed by atoms with Crippen molar-refractivity contribution in [1.29, 1.82) is 0 Å². The second-order valence-electron chi connectivity index (χ2n) is 5.22. The molecule has 2 aromatic carbocycles. The van der Waals surface area contributed by atoms with Crippen molar-refractivity contribution in [3.8, 4) is 0 Å². The normalized spacial score (nSPS) is 12.4. The van der Waals surface area contributed by atoms with Crippen LogP contribution < -0.4 is 5.32 Å². The van der Waals surface area contributed by atoms with Crippen LogP contribution in [0.2, 0.25) is 0 Å². The number of aliphatic hydroxyl groups is 1. The minimum absolute atomic E-state index is 0.490. The molecule has 1 unspecified atom stereocenters. The summed E-state index contributed by atoms with van der Waals surface area (Å²) in [6.45, 7) is 4.86. The van der Waals surface area contributed by atoms with E-state index in [1.807, 2.05) is 36.4 Å². The monoisotopic (exact) mass is 381 g/mol. The first-order valence-corrected chi connectivity index (χ1v) is 7.91. The van der Waals surface area contributed by atoms with Crippen LogP contribution >= 0.6 is 22.6 Å². The highest BCUT2D eigenvalue weighted by Crippen LogP contribution is 2.19. The van der Waals surface area contributed by atoms with Crippen molar-refractivity contribution in [2.24, 2.45) is 0 Å². The summed E-state index contributed by atoms with van der Waals surface area (Å²) < 4.78 is 1.21. The number of anilines is 1. The molecule has 0 heterocycles. The van der Waals surface area contributed by atoms with Crippen LogP contribution in [0, 0.1) is 3.57 Å². The minimum atomic E-state index is -0.490. The van der Waals surface area contributed by atoms with Crippen molar-refractivity contribution >= 4 is 28.3 Å². The van der Waals surface area contributed by atoms with Gasteiger partial charge in [-0.3, -0.25) is 0 Å². The standard InChI is InChI=1S/C17H20INO/c1-12(2)13-3-5-14(6-4-13)17(20)11-19-16-9-7-15(18)8-10-16/h3-10,12,17,19-20H,11H2,1-2H3. The number of hydrogen-bond donors (Lipinski definition) is 2. The van der Waals surface area contributed by atoms with Gasteiger partial charge in [0.1, 0.15) is 0 Å². The lowest BCUT2D eigenvalue weighted by Gasteiger charge is -2.14. The molecule has 0 fully saturated rings. The molecule has 0 aliphatic heterocycles. The molecule has 2 N–H and O–H groups in total. The van der Waals surface area contributed by atoms with Crippen molar-refractivity contribution in [2.75, 3.05) is 11.9 Å². The van der Waals surface area contributed by atoms with E-state index in [1.54, 1.807) is 0 Å². The number of benzene rings is 2. The SMILES string of the molecule is CC(C)c1ccc(C(O)CNc2ccc(I)cc2)cc1. The fourth-order valence-corrected chi connectivity index (χ4v) is 2.36. The van der Waals surface area contributed by atoms with Gasteiger partial charge >= 0.3 is 0 Å². The molecule has 2 rings (SSSR count). The molecule has 20 heavy (non-hydrogen) atoms. The van der Waals surface area contributed by atoms with Gasteiger partial charge in [0.05, 0.1) is 6.10 Å². The molecule has 106 valence electrons. The van der Waals surface area contributed by atoms with Crippen molar-refractivity contribution in [2.45, 2.75) is 25.9 Å². The molecule has 0 radical (unpaired) electrons. The molecule has 0 aliphatic rings. The Morgan fingerprint density at radius 2 is 1.50 bits per heavy atom. The molecule has 0 aliphatic carbocycles. The van der Waals surface area contributed by atoms with E-state index in [9.17, 15) is 5.11 Å². The Morgan fingerprint density at radius 3 is 2.05 bits per heavy atom. The lowest BCUT2D eigenvalue weighted by Crippen LogP contribution is -2.12. The molecule has 0 saturated heterocycles. The van der Waals surface area contributed by atoms with Gasteiger partial charge in [-0.05, 0) is 63.9 Å². The van der Waals surface area contributed by atoms with Crippen LogP contribution in [0.3, 0.4) is 0 Å². The number of rotatable bonds is 5. The number of halogens is 1. The molecule has 3 heteroatoms.